The Bertz CT molecular complexity index is 430. The molecule has 0 bridgehead atoms. The summed E-state index contributed by atoms with van der Waals surface area (Å²) in [4.78, 5) is 8.55. The second-order valence-electron chi connectivity index (χ2n) is 6.19. The van der Waals surface area contributed by atoms with Gasteiger partial charge >= 0.3 is 0 Å². The maximum atomic E-state index is 5.22. The van der Waals surface area contributed by atoms with Crippen molar-refractivity contribution >= 4 is 0 Å². The summed E-state index contributed by atoms with van der Waals surface area (Å²) in [5.41, 5.74) is 1.52. The van der Waals surface area contributed by atoms with Crippen LogP contribution in [0.15, 0.2) is 12.4 Å². The summed E-state index contributed by atoms with van der Waals surface area (Å²) in [7, 11) is 1.66. The molecule has 0 radical (unpaired) electrons. The predicted molar refractivity (Wildman–Crippen MR) is 85.6 cm³/mol. The van der Waals surface area contributed by atoms with E-state index in [4.69, 9.17) is 4.74 Å². The Balaban J connectivity index is 2.15. The molecule has 1 heterocycles. The Hall–Kier alpha value is -1.16. The summed E-state index contributed by atoms with van der Waals surface area (Å²) >= 11 is 0. The van der Waals surface area contributed by atoms with Crippen molar-refractivity contribution < 1.29 is 4.74 Å². The zero-order chi connectivity index (χ0) is 15.1. The molecule has 0 spiro atoms. The lowest BCUT2D eigenvalue weighted by molar-refractivity contribution is 0.183. The minimum absolute atomic E-state index is 0.438. The summed E-state index contributed by atoms with van der Waals surface area (Å²) in [6, 6.07) is 2.48. The van der Waals surface area contributed by atoms with E-state index in [2.05, 4.69) is 29.1 Å². The van der Waals surface area contributed by atoms with Crippen LogP contribution in [0.4, 0.5) is 0 Å². The van der Waals surface area contributed by atoms with E-state index in [1.54, 1.807) is 13.4 Å². The summed E-state index contributed by atoms with van der Waals surface area (Å²) in [5.74, 6) is 0.659. The third-order valence-corrected chi connectivity index (χ3v) is 5.00. The first-order chi connectivity index (χ1) is 10.2. The number of nitrogens with zero attached hydrogens (tertiary/aromatic N) is 2. The fraction of sp³-hybridized carbons (Fsp3) is 0.765. The number of aromatic nitrogens is 2. The molecule has 1 atom stereocenters. The molecule has 4 heteroatoms. The standard InChI is InChI=1S/C17H29N3O/c1-4-10-18-15(17(5-2)8-6-7-9-17)11-14-12-16(21-3)20-13-19-14/h12-13,15,18H,4-11H2,1-3H3. The van der Waals surface area contributed by atoms with Gasteiger partial charge in [0.25, 0.3) is 0 Å². The van der Waals surface area contributed by atoms with E-state index in [1.165, 1.54) is 38.5 Å². The topological polar surface area (TPSA) is 47.0 Å². The van der Waals surface area contributed by atoms with Crippen molar-refractivity contribution in [2.24, 2.45) is 5.41 Å². The third kappa shape index (κ3) is 3.94. The smallest absolute Gasteiger partial charge is 0.216 e. The van der Waals surface area contributed by atoms with E-state index in [-0.39, 0.29) is 0 Å². The van der Waals surface area contributed by atoms with Crippen molar-refractivity contribution in [1.82, 2.24) is 15.3 Å². The van der Waals surface area contributed by atoms with Crippen molar-refractivity contribution in [3.05, 3.63) is 18.1 Å². The van der Waals surface area contributed by atoms with Crippen molar-refractivity contribution in [2.75, 3.05) is 13.7 Å². The van der Waals surface area contributed by atoms with Crippen LogP contribution in [-0.2, 0) is 6.42 Å². The van der Waals surface area contributed by atoms with Gasteiger partial charge in [0.15, 0.2) is 0 Å². The lowest BCUT2D eigenvalue weighted by atomic mass is 9.74. The molecule has 1 N–H and O–H groups in total. The van der Waals surface area contributed by atoms with Crippen LogP contribution >= 0.6 is 0 Å². The van der Waals surface area contributed by atoms with Gasteiger partial charge in [-0.05, 0) is 37.6 Å². The van der Waals surface area contributed by atoms with Crippen LogP contribution in [0.25, 0.3) is 0 Å². The Kier molecular flexibility index (Phi) is 5.97. The molecule has 0 amide bonds. The molecule has 118 valence electrons. The molecule has 1 aromatic heterocycles. The molecule has 4 nitrogen and oxygen atoms in total. The van der Waals surface area contributed by atoms with Crippen molar-refractivity contribution in [2.45, 2.75) is 64.8 Å². The van der Waals surface area contributed by atoms with Gasteiger partial charge in [-0.1, -0.05) is 26.7 Å². The Morgan fingerprint density at radius 3 is 2.67 bits per heavy atom. The first-order valence-electron chi connectivity index (χ1n) is 8.32. The summed E-state index contributed by atoms with van der Waals surface area (Å²) in [6.45, 7) is 5.65. The van der Waals surface area contributed by atoms with E-state index in [0.717, 1.165) is 18.7 Å². The Morgan fingerprint density at radius 1 is 1.29 bits per heavy atom. The van der Waals surface area contributed by atoms with Gasteiger partial charge in [0, 0.05) is 24.2 Å². The van der Waals surface area contributed by atoms with Gasteiger partial charge in [-0.15, -0.1) is 0 Å². The van der Waals surface area contributed by atoms with Gasteiger partial charge < -0.3 is 10.1 Å². The van der Waals surface area contributed by atoms with Crippen molar-refractivity contribution in [3.63, 3.8) is 0 Å². The molecule has 1 saturated carbocycles. The molecule has 0 saturated heterocycles. The van der Waals surface area contributed by atoms with Crippen molar-refractivity contribution in [3.8, 4) is 5.88 Å². The number of hydrogen-bond acceptors (Lipinski definition) is 4. The first-order valence-corrected chi connectivity index (χ1v) is 8.32. The highest BCUT2D eigenvalue weighted by Gasteiger charge is 2.39. The van der Waals surface area contributed by atoms with E-state index in [9.17, 15) is 0 Å². The third-order valence-electron chi connectivity index (χ3n) is 5.00. The van der Waals surface area contributed by atoms with E-state index in [0.29, 0.717) is 17.3 Å². The fourth-order valence-corrected chi connectivity index (χ4v) is 3.66. The molecule has 2 rings (SSSR count). The number of nitrogens with one attached hydrogen (secondary N) is 1. The lowest BCUT2D eigenvalue weighted by Gasteiger charge is -2.37. The highest BCUT2D eigenvalue weighted by Crippen LogP contribution is 2.44. The van der Waals surface area contributed by atoms with Crippen LogP contribution in [0.2, 0.25) is 0 Å². The zero-order valence-corrected chi connectivity index (χ0v) is 13.7. The second kappa shape index (κ2) is 7.74. The van der Waals surface area contributed by atoms with Gasteiger partial charge in [0.05, 0.1) is 7.11 Å². The highest BCUT2D eigenvalue weighted by atomic mass is 16.5. The quantitative estimate of drug-likeness (QED) is 0.798. The molecule has 1 aliphatic carbocycles. The van der Waals surface area contributed by atoms with Crippen LogP contribution in [0.3, 0.4) is 0 Å². The van der Waals surface area contributed by atoms with Crippen LogP contribution in [-0.4, -0.2) is 29.7 Å². The van der Waals surface area contributed by atoms with E-state index in [1.807, 2.05) is 6.07 Å². The summed E-state index contributed by atoms with van der Waals surface area (Å²) < 4.78 is 5.22. The molecule has 1 aromatic rings. The minimum atomic E-state index is 0.438. The lowest BCUT2D eigenvalue weighted by Crippen LogP contribution is -2.45. The molecular weight excluding hydrogens is 262 g/mol. The number of methoxy groups -OCH3 is 1. The summed E-state index contributed by atoms with van der Waals surface area (Å²) in [6.07, 6.45) is 10.4. The van der Waals surface area contributed by atoms with Gasteiger partial charge in [0.1, 0.15) is 6.33 Å². The van der Waals surface area contributed by atoms with Gasteiger partial charge in [-0.25, -0.2) is 9.97 Å². The number of ether oxygens (including phenoxy) is 1. The Morgan fingerprint density at radius 2 is 2.05 bits per heavy atom. The monoisotopic (exact) mass is 291 g/mol. The SMILES string of the molecule is CCCNC(Cc1cc(OC)ncn1)C1(CC)CCCC1. The molecule has 0 aromatic carbocycles. The largest absolute Gasteiger partial charge is 0.481 e. The van der Waals surface area contributed by atoms with Crippen LogP contribution in [0.1, 0.15) is 58.1 Å². The zero-order valence-electron chi connectivity index (χ0n) is 13.7. The van der Waals surface area contributed by atoms with Gasteiger partial charge in [-0.3, -0.25) is 0 Å². The maximum absolute atomic E-state index is 5.22. The first kappa shape index (κ1) is 16.2. The maximum Gasteiger partial charge on any atom is 0.216 e. The minimum Gasteiger partial charge on any atom is -0.481 e. The predicted octanol–water partition coefficient (Wildman–Crippen LogP) is 3.37. The van der Waals surface area contributed by atoms with Crippen LogP contribution in [0, 0.1) is 5.41 Å². The van der Waals surface area contributed by atoms with E-state index < -0.39 is 0 Å². The molecular formula is C17H29N3O. The summed E-state index contributed by atoms with van der Waals surface area (Å²) in [5, 5.41) is 3.79. The number of rotatable bonds is 8. The average Bonchev–Trinajstić information content (AvgIpc) is 3.01. The van der Waals surface area contributed by atoms with Crippen molar-refractivity contribution in [1.29, 1.82) is 0 Å². The number of hydrogen-bond donors (Lipinski definition) is 1. The molecule has 1 unspecified atom stereocenters. The average molecular weight is 291 g/mol. The normalized spacial score (nSPS) is 18.6. The molecule has 0 aliphatic heterocycles. The second-order valence-corrected chi connectivity index (χ2v) is 6.19. The highest BCUT2D eigenvalue weighted by molar-refractivity contribution is 5.15. The van der Waals surface area contributed by atoms with Crippen LogP contribution in [0.5, 0.6) is 5.88 Å². The van der Waals surface area contributed by atoms with Gasteiger partial charge in [0.2, 0.25) is 5.88 Å². The fourth-order valence-electron chi connectivity index (χ4n) is 3.66. The molecule has 21 heavy (non-hydrogen) atoms. The molecule has 1 fully saturated rings. The van der Waals surface area contributed by atoms with Crippen LogP contribution < -0.4 is 10.1 Å². The van der Waals surface area contributed by atoms with E-state index >= 15 is 0 Å². The Labute approximate surface area is 128 Å². The van der Waals surface area contributed by atoms with Gasteiger partial charge in [-0.2, -0.15) is 0 Å². The molecule has 1 aliphatic rings.